The number of aliphatic hydroxyl groups is 1. The molecule has 0 aliphatic heterocycles. The number of sulfone groups is 1. The average molecular weight is 202 g/mol. The quantitative estimate of drug-likeness (QED) is 0.657. The topological polar surface area (TPSA) is 54.4 Å². The van der Waals surface area contributed by atoms with Gasteiger partial charge in [0.1, 0.15) is 0 Å². The molecule has 4 heteroatoms. The van der Waals surface area contributed by atoms with Crippen LogP contribution in [0.3, 0.4) is 0 Å². The smallest absolute Gasteiger partial charge is 0.153 e. The molecule has 2 unspecified atom stereocenters. The molecule has 0 aromatic heterocycles. The summed E-state index contributed by atoms with van der Waals surface area (Å²) < 4.78 is 22.6. The molecule has 0 aromatic rings. The Balaban J connectivity index is 2.94. The first-order valence-corrected chi connectivity index (χ1v) is 6.20. The zero-order chi connectivity index (χ0) is 10.1. The Morgan fingerprint density at radius 3 is 2.77 bits per heavy atom. The van der Waals surface area contributed by atoms with E-state index in [1.165, 1.54) is 0 Å². The van der Waals surface area contributed by atoms with Crippen molar-refractivity contribution >= 4 is 9.84 Å². The molecule has 0 heterocycles. The highest BCUT2D eigenvalue weighted by Crippen LogP contribution is 2.36. The molecule has 0 spiro atoms. The minimum absolute atomic E-state index is 0.130. The second-order valence-electron chi connectivity index (χ2n) is 3.69. The van der Waals surface area contributed by atoms with Crippen LogP contribution in [0, 0.1) is 12.3 Å². The third-order valence-electron chi connectivity index (χ3n) is 2.60. The van der Waals surface area contributed by atoms with E-state index in [2.05, 4.69) is 5.92 Å². The minimum atomic E-state index is -3.18. The SMILES string of the molecule is C#CCC1(O)CCCC1S(C)(=O)=O. The van der Waals surface area contributed by atoms with Crippen molar-refractivity contribution in [3.63, 3.8) is 0 Å². The van der Waals surface area contributed by atoms with Crippen molar-refractivity contribution in [2.24, 2.45) is 0 Å². The van der Waals surface area contributed by atoms with E-state index in [4.69, 9.17) is 6.42 Å². The summed E-state index contributed by atoms with van der Waals surface area (Å²) in [6.45, 7) is 0. The summed E-state index contributed by atoms with van der Waals surface area (Å²) in [5.74, 6) is 2.34. The van der Waals surface area contributed by atoms with Crippen molar-refractivity contribution in [1.82, 2.24) is 0 Å². The maximum absolute atomic E-state index is 11.3. The number of hydrogen-bond donors (Lipinski definition) is 1. The standard InChI is InChI=1S/C9H14O3S/c1-3-6-9(10)7-4-5-8(9)13(2,11)12/h1,8,10H,4-7H2,2H3. The molecule has 0 radical (unpaired) electrons. The van der Waals surface area contributed by atoms with Crippen molar-refractivity contribution < 1.29 is 13.5 Å². The Kier molecular flexibility index (Phi) is 2.69. The molecule has 0 amide bonds. The molecule has 1 rings (SSSR count). The van der Waals surface area contributed by atoms with Crippen LogP contribution in [0.15, 0.2) is 0 Å². The zero-order valence-electron chi connectivity index (χ0n) is 7.66. The highest BCUT2D eigenvalue weighted by molar-refractivity contribution is 7.91. The number of rotatable bonds is 2. The molecule has 0 aromatic carbocycles. The Hall–Kier alpha value is -0.530. The van der Waals surface area contributed by atoms with Crippen LogP contribution >= 0.6 is 0 Å². The van der Waals surface area contributed by atoms with Gasteiger partial charge in [-0.2, -0.15) is 0 Å². The van der Waals surface area contributed by atoms with Gasteiger partial charge in [0.2, 0.25) is 0 Å². The summed E-state index contributed by atoms with van der Waals surface area (Å²) in [4.78, 5) is 0. The van der Waals surface area contributed by atoms with Gasteiger partial charge in [-0.3, -0.25) is 0 Å². The van der Waals surface area contributed by atoms with E-state index < -0.39 is 20.7 Å². The maximum atomic E-state index is 11.3. The fraction of sp³-hybridized carbons (Fsp3) is 0.778. The first-order valence-electron chi connectivity index (χ1n) is 4.25. The summed E-state index contributed by atoms with van der Waals surface area (Å²) in [7, 11) is -3.18. The van der Waals surface area contributed by atoms with Gasteiger partial charge in [-0.15, -0.1) is 12.3 Å². The van der Waals surface area contributed by atoms with Crippen LogP contribution in [0.1, 0.15) is 25.7 Å². The van der Waals surface area contributed by atoms with E-state index >= 15 is 0 Å². The van der Waals surface area contributed by atoms with E-state index in [1.807, 2.05) is 0 Å². The Labute approximate surface area is 79.1 Å². The lowest BCUT2D eigenvalue weighted by atomic mass is 9.98. The maximum Gasteiger partial charge on any atom is 0.153 e. The van der Waals surface area contributed by atoms with E-state index in [0.717, 1.165) is 12.7 Å². The van der Waals surface area contributed by atoms with Crippen LogP contribution in [-0.4, -0.2) is 30.6 Å². The Morgan fingerprint density at radius 1 is 1.69 bits per heavy atom. The Morgan fingerprint density at radius 2 is 2.31 bits per heavy atom. The first-order chi connectivity index (χ1) is 5.90. The van der Waals surface area contributed by atoms with E-state index in [0.29, 0.717) is 12.8 Å². The molecule has 1 fully saturated rings. The average Bonchev–Trinajstić information content (AvgIpc) is 2.30. The molecule has 0 bridgehead atoms. The van der Waals surface area contributed by atoms with Crippen molar-refractivity contribution in [1.29, 1.82) is 0 Å². The van der Waals surface area contributed by atoms with Crippen molar-refractivity contribution in [2.75, 3.05) is 6.26 Å². The summed E-state index contributed by atoms with van der Waals surface area (Å²) in [6, 6.07) is 0. The molecule has 2 atom stereocenters. The van der Waals surface area contributed by atoms with Crippen LogP contribution in [-0.2, 0) is 9.84 Å². The van der Waals surface area contributed by atoms with Gasteiger partial charge in [0.25, 0.3) is 0 Å². The largest absolute Gasteiger partial charge is 0.388 e. The molecular weight excluding hydrogens is 188 g/mol. The van der Waals surface area contributed by atoms with Gasteiger partial charge in [0.15, 0.2) is 9.84 Å². The van der Waals surface area contributed by atoms with Crippen molar-refractivity contribution in [3.05, 3.63) is 0 Å². The fourth-order valence-electron chi connectivity index (χ4n) is 2.01. The lowest BCUT2D eigenvalue weighted by Gasteiger charge is -2.26. The summed E-state index contributed by atoms with van der Waals surface area (Å²) in [5, 5.41) is 9.29. The number of hydrogen-bond acceptors (Lipinski definition) is 3. The first kappa shape index (κ1) is 10.6. The van der Waals surface area contributed by atoms with Gasteiger partial charge < -0.3 is 5.11 Å². The van der Waals surface area contributed by atoms with Crippen LogP contribution in [0.2, 0.25) is 0 Å². The Bertz CT molecular complexity index is 325. The normalized spacial score (nSPS) is 34.4. The highest BCUT2D eigenvalue weighted by atomic mass is 32.2. The lowest BCUT2D eigenvalue weighted by Crippen LogP contribution is -2.41. The molecule has 0 saturated heterocycles. The van der Waals surface area contributed by atoms with Crippen molar-refractivity contribution in [3.8, 4) is 12.3 Å². The van der Waals surface area contributed by atoms with Gasteiger partial charge in [-0.1, -0.05) is 0 Å². The van der Waals surface area contributed by atoms with E-state index in [9.17, 15) is 13.5 Å². The van der Waals surface area contributed by atoms with Gasteiger partial charge in [-0.25, -0.2) is 8.42 Å². The highest BCUT2D eigenvalue weighted by Gasteiger charge is 2.46. The van der Waals surface area contributed by atoms with Gasteiger partial charge in [0.05, 0.1) is 10.9 Å². The second-order valence-corrected chi connectivity index (χ2v) is 5.92. The molecule has 13 heavy (non-hydrogen) atoms. The predicted molar refractivity (Wildman–Crippen MR) is 50.9 cm³/mol. The van der Waals surface area contributed by atoms with Gasteiger partial charge in [0, 0.05) is 12.7 Å². The number of terminal acetylenes is 1. The molecule has 1 N–H and O–H groups in total. The lowest BCUT2D eigenvalue weighted by molar-refractivity contribution is 0.0563. The predicted octanol–water partition coefficient (Wildman–Crippen LogP) is 0.338. The molecule has 1 aliphatic carbocycles. The third kappa shape index (κ3) is 2.04. The van der Waals surface area contributed by atoms with E-state index in [1.54, 1.807) is 0 Å². The molecule has 3 nitrogen and oxygen atoms in total. The monoisotopic (exact) mass is 202 g/mol. The zero-order valence-corrected chi connectivity index (χ0v) is 8.47. The van der Waals surface area contributed by atoms with Crippen LogP contribution in [0.4, 0.5) is 0 Å². The molecule has 1 saturated carbocycles. The van der Waals surface area contributed by atoms with Crippen LogP contribution in [0.5, 0.6) is 0 Å². The van der Waals surface area contributed by atoms with Crippen molar-refractivity contribution in [2.45, 2.75) is 36.5 Å². The summed E-state index contributed by atoms with van der Waals surface area (Å²) in [5.41, 5.74) is -1.18. The van der Waals surface area contributed by atoms with Crippen LogP contribution in [0.25, 0.3) is 0 Å². The van der Waals surface area contributed by atoms with Gasteiger partial charge in [-0.05, 0) is 19.3 Å². The molecular formula is C9H14O3S. The second kappa shape index (κ2) is 3.32. The van der Waals surface area contributed by atoms with Crippen LogP contribution < -0.4 is 0 Å². The molecule has 1 aliphatic rings. The van der Waals surface area contributed by atoms with E-state index in [-0.39, 0.29) is 6.42 Å². The van der Waals surface area contributed by atoms with Gasteiger partial charge >= 0.3 is 0 Å². The summed E-state index contributed by atoms with van der Waals surface area (Å²) in [6.07, 6.45) is 8.13. The fourth-order valence-corrected chi connectivity index (χ4v) is 3.61. The molecule has 74 valence electrons. The summed E-state index contributed by atoms with van der Waals surface area (Å²) >= 11 is 0. The third-order valence-corrected chi connectivity index (χ3v) is 4.31. The minimum Gasteiger partial charge on any atom is -0.388 e.